The van der Waals surface area contributed by atoms with Crippen LogP contribution in [0.15, 0.2) is 146 Å². The quantitative estimate of drug-likeness (QED) is 0.0261. The lowest BCUT2D eigenvalue weighted by molar-refractivity contribution is -0.167. The van der Waals surface area contributed by atoms with E-state index in [2.05, 4.69) is 167 Å². The van der Waals surface area contributed by atoms with E-state index in [4.69, 9.17) is 14.2 Å². The smallest absolute Gasteiger partial charge is 0.306 e. The molecule has 1 atom stereocenters. The molecule has 0 aromatic rings. The fraction of sp³-hybridized carbons (Fsp3) is 0.630. The summed E-state index contributed by atoms with van der Waals surface area (Å²) in [6.07, 6.45) is 94.1. The second kappa shape index (κ2) is 65.8. The van der Waals surface area contributed by atoms with Crippen molar-refractivity contribution in [3.8, 4) is 0 Å². The molecule has 0 amide bonds. The van der Waals surface area contributed by atoms with Gasteiger partial charge in [0.15, 0.2) is 6.10 Å². The maximum atomic E-state index is 12.9. The normalized spacial score (nSPS) is 13.1. The summed E-state index contributed by atoms with van der Waals surface area (Å²) in [5, 5.41) is 0. The number of unbranched alkanes of at least 4 members (excludes halogenated alkanes) is 22. The van der Waals surface area contributed by atoms with E-state index in [1.54, 1.807) is 0 Å². The monoisotopic (exact) mass is 1090 g/mol. The fourth-order valence-electron chi connectivity index (χ4n) is 8.53. The SMILES string of the molecule is CC/C=C\C/C=C\C/C=C\C/C=C\C/C=C\CCCCCCCCCCCC(=O)OCC(COC(=O)CCCCCC/C=C\C/C=C\C/C=C\C/C=C\CC)OC(=O)CCCCCCCC/C=C\C/C=C\C/C=C\CCCCC. The van der Waals surface area contributed by atoms with Crippen molar-refractivity contribution in [2.24, 2.45) is 0 Å². The zero-order chi connectivity index (χ0) is 57.1. The lowest BCUT2D eigenvalue weighted by Crippen LogP contribution is -2.30. The van der Waals surface area contributed by atoms with Crippen LogP contribution in [0.1, 0.15) is 278 Å². The molecular weight excluding hydrogens is 973 g/mol. The zero-order valence-electron chi connectivity index (χ0n) is 51.1. The molecule has 0 heterocycles. The second-order valence-corrected chi connectivity index (χ2v) is 20.9. The van der Waals surface area contributed by atoms with E-state index in [0.29, 0.717) is 19.3 Å². The summed E-state index contributed by atoms with van der Waals surface area (Å²) in [5.74, 6) is -0.941. The van der Waals surface area contributed by atoms with Crippen LogP contribution in [0.5, 0.6) is 0 Å². The minimum atomic E-state index is -0.806. The van der Waals surface area contributed by atoms with Gasteiger partial charge in [-0.2, -0.15) is 0 Å². The van der Waals surface area contributed by atoms with Crippen LogP contribution in [0.25, 0.3) is 0 Å². The third kappa shape index (κ3) is 64.0. The molecule has 0 aromatic heterocycles. The Kier molecular flexibility index (Phi) is 61.9. The van der Waals surface area contributed by atoms with E-state index in [-0.39, 0.29) is 31.1 Å². The molecule has 0 aliphatic heterocycles. The average Bonchev–Trinajstić information content (AvgIpc) is 3.45. The van der Waals surface area contributed by atoms with E-state index < -0.39 is 6.10 Å². The van der Waals surface area contributed by atoms with E-state index >= 15 is 0 Å². The van der Waals surface area contributed by atoms with Gasteiger partial charge in [0, 0.05) is 19.3 Å². The third-order valence-corrected chi connectivity index (χ3v) is 13.3. The Morgan fingerprint density at radius 3 is 0.772 bits per heavy atom. The molecule has 79 heavy (non-hydrogen) atoms. The van der Waals surface area contributed by atoms with Crippen LogP contribution < -0.4 is 0 Å². The molecule has 0 rings (SSSR count). The topological polar surface area (TPSA) is 78.9 Å². The second-order valence-electron chi connectivity index (χ2n) is 20.9. The van der Waals surface area contributed by atoms with Gasteiger partial charge < -0.3 is 14.2 Å². The molecule has 1 unspecified atom stereocenters. The maximum Gasteiger partial charge on any atom is 0.306 e. The first-order chi connectivity index (χ1) is 39.0. The first-order valence-electron chi connectivity index (χ1n) is 32.3. The predicted molar refractivity (Wildman–Crippen MR) is 343 cm³/mol. The Labute approximate surface area is 487 Å². The minimum absolute atomic E-state index is 0.0997. The molecule has 0 saturated carbocycles. The standard InChI is InChI=1S/C73H118O6/c1-4-7-10-13-16-19-22-25-28-31-33-34-35-36-37-38-40-42-45-48-51-54-57-60-63-66-72(75)78-69-70(68-77-71(74)65-62-59-56-53-50-47-44-41-30-27-24-21-18-15-12-9-6-3)79-73(76)67-64-61-58-55-52-49-46-43-39-32-29-26-23-20-17-14-11-8-5-2/h7,9-10,12,16-21,25-30,33-34,36-37,39,43-44,47,70H,4-6,8,11,13-15,22-24,31-32,35,38,40-42,45-46,48-69H2,1-3H3/b10-7-,12-9-,19-16-,20-17-,21-18-,28-25-,29-26-,30-27-,34-33-,37-36-,43-39-,47-44-. The highest BCUT2D eigenvalue weighted by molar-refractivity contribution is 5.71. The van der Waals surface area contributed by atoms with Gasteiger partial charge in [-0.1, -0.05) is 263 Å². The highest BCUT2D eigenvalue weighted by Gasteiger charge is 2.19. The number of allylic oxidation sites excluding steroid dienone is 24. The van der Waals surface area contributed by atoms with E-state index in [1.807, 2.05) is 0 Å². The number of esters is 3. The lowest BCUT2D eigenvalue weighted by atomic mass is 10.1. The van der Waals surface area contributed by atoms with E-state index in [0.717, 1.165) is 161 Å². The zero-order valence-corrected chi connectivity index (χ0v) is 51.1. The number of carbonyl (C=O) groups is 3. The summed E-state index contributed by atoms with van der Waals surface area (Å²) in [6, 6.07) is 0. The van der Waals surface area contributed by atoms with Crippen molar-refractivity contribution in [1.82, 2.24) is 0 Å². The van der Waals surface area contributed by atoms with Gasteiger partial charge in [0.2, 0.25) is 0 Å². The van der Waals surface area contributed by atoms with Crippen LogP contribution in [0.2, 0.25) is 0 Å². The van der Waals surface area contributed by atoms with Gasteiger partial charge in [0.1, 0.15) is 13.2 Å². The molecule has 6 heteroatoms. The number of hydrogen-bond donors (Lipinski definition) is 0. The van der Waals surface area contributed by atoms with Gasteiger partial charge in [-0.3, -0.25) is 14.4 Å². The van der Waals surface area contributed by atoms with Crippen molar-refractivity contribution in [3.05, 3.63) is 146 Å². The highest BCUT2D eigenvalue weighted by atomic mass is 16.6. The van der Waals surface area contributed by atoms with Gasteiger partial charge in [-0.25, -0.2) is 0 Å². The maximum absolute atomic E-state index is 12.9. The lowest BCUT2D eigenvalue weighted by Gasteiger charge is -2.18. The Balaban J connectivity index is 4.45. The Morgan fingerprint density at radius 2 is 0.494 bits per heavy atom. The largest absolute Gasteiger partial charge is 0.462 e. The van der Waals surface area contributed by atoms with Crippen molar-refractivity contribution >= 4 is 17.9 Å². The van der Waals surface area contributed by atoms with Crippen molar-refractivity contribution in [2.45, 2.75) is 284 Å². The fourth-order valence-corrected chi connectivity index (χ4v) is 8.53. The first-order valence-corrected chi connectivity index (χ1v) is 32.3. The van der Waals surface area contributed by atoms with Gasteiger partial charge in [0.25, 0.3) is 0 Å². The molecule has 6 nitrogen and oxygen atoms in total. The molecule has 0 saturated heterocycles. The predicted octanol–water partition coefficient (Wildman–Crippen LogP) is 22.3. The van der Waals surface area contributed by atoms with Crippen LogP contribution in [-0.2, 0) is 28.6 Å². The summed E-state index contributed by atoms with van der Waals surface area (Å²) in [5.41, 5.74) is 0. The van der Waals surface area contributed by atoms with Gasteiger partial charge in [-0.05, 0) is 141 Å². The molecule has 0 bridgehead atoms. The van der Waals surface area contributed by atoms with Crippen LogP contribution in [0.3, 0.4) is 0 Å². The van der Waals surface area contributed by atoms with Crippen LogP contribution in [-0.4, -0.2) is 37.2 Å². The van der Waals surface area contributed by atoms with Crippen molar-refractivity contribution in [1.29, 1.82) is 0 Å². The molecule has 0 aliphatic carbocycles. The molecule has 0 N–H and O–H groups in total. The average molecular weight is 1090 g/mol. The molecule has 0 spiro atoms. The summed E-state index contributed by atoms with van der Waals surface area (Å²) in [6.45, 7) is 6.36. The van der Waals surface area contributed by atoms with Crippen molar-refractivity contribution in [2.75, 3.05) is 13.2 Å². The Morgan fingerprint density at radius 1 is 0.266 bits per heavy atom. The molecule has 0 radical (unpaired) electrons. The summed E-state index contributed by atoms with van der Waals surface area (Å²) < 4.78 is 16.9. The summed E-state index contributed by atoms with van der Waals surface area (Å²) >= 11 is 0. The number of rotatable bonds is 57. The minimum Gasteiger partial charge on any atom is -0.462 e. The number of hydrogen-bond acceptors (Lipinski definition) is 6. The number of carbonyl (C=O) groups excluding carboxylic acids is 3. The molecule has 0 aromatic carbocycles. The van der Waals surface area contributed by atoms with Gasteiger partial charge in [0.05, 0.1) is 0 Å². The van der Waals surface area contributed by atoms with Crippen LogP contribution >= 0.6 is 0 Å². The first kappa shape index (κ1) is 74.3. The molecule has 446 valence electrons. The third-order valence-electron chi connectivity index (χ3n) is 13.3. The van der Waals surface area contributed by atoms with Crippen LogP contribution in [0, 0.1) is 0 Å². The summed E-state index contributed by atoms with van der Waals surface area (Å²) in [4.78, 5) is 38.4. The Hall–Kier alpha value is -4.71. The van der Waals surface area contributed by atoms with Gasteiger partial charge >= 0.3 is 17.9 Å². The molecule has 0 aliphatic rings. The van der Waals surface area contributed by atoms with Gasteiger partial charge in [-0.15, -0.1) is 0 Å². The van der Waals surface area contributed by atoms with Crippen molar-refractivity contribution in [3.63, 3.8) is 0 Å². The van der Waals surface area contributed by atoms with Crippen molar-refractivity contribution < 1.29 is 28.6 Å². The highest BCUT2D eigenvalue weighted by Crippen LogP contribution is 2.15. The van der Waals surface area contributed by atoms with Crippen LogP contribution in [0.4, 0.5) is 0 Å². The Bertz CT molecular complexity index is 1730. The molecule has 0 fully saturated rings. The van der Waals surface area contributed by atoms with E-state index in [9.17, 15) is 14.4 Å². The van der Waals surface area contributed by atoms with E-state index in [1.165, 1.54) is 77.0 Å². The molecular formula is C73H118O6. The number of ether oxygens (including phenoxy) is 3. The summed E-state index contributed by atoms with van der Waals surface area (Å²) in [7, 11) is 0.